The number of ether oxygens (including phenoxy) is 1. The van der Waals surface area contributed by atoms with Crippen LogP contribution in [0.1, 0.15) is 35.1 Å². The van der Waals surface area contributed by atoms with Crippen LogP contribution in [0.2, 0.25) is 0 Å². The highest BCUT2D eigenvalue weighted by Crippen LogP contribution is 2.44. The maximum Gasteiger partial charge on any atom is 0.407 e. The molecule has 0 atom stereocenters. The Labute approximate surface area is 171 Å². The van der Waals surface area contributed by atoms with Crippen LogP contribution in [0.5, 0.6) is 0 Å². The first-order chi connectivity index (χ1) is 14.3. The second-order valence-electron chi connectivity index (χ2n) is 7.03. The van der Waals surface area contributed by atoms with Gasteiger partial charge in [0.15, 0.2) is 0 Å². The summed E-state index contributed by atoms with van der Waals surface area (Å²) < 4.78 is 5.51. The van der Waals surface area contributed by atoms with Gasteiger partial charge in [-0.1, -0.05) is 79.4 Å². The first-order valence-electron chi connectivity index (χ1n) is 9.93. The summed E-state index contributed by atoms with van der Waals surface area (Å²) in [4.78, 5) is 12.1. The van der Waals surface area contributed by atoms with Gasteiger partial charge in [0.2, 0.25) is 0 Å². The second kappa shape index (κ2) is 8.67. The number of benzene rings is 3. The second-order valence-corrected chi connectivity index (χ2v) is 7.03. The van der Waals surface area contributed by atoms with E-state index in [1.54, 1.807) is 0 Å². The molecular weight excluding hydrogens is 358 g/mol. The van der Waals surface area contributed by atoms with E-state index in [0.29, 0.717) is 6.61 Å². The molecule has 1 amide bonds. The van der Waals surface area contributed by atoms with Crippen LogP contribution in [-0.2, 0) is 11.2 Å². The zero-order valence-electron chi connectivity index (χ0n) is 16.4. The molecule has 0 aliphatic heterocycles. The van der Waals surface area contributed by atoms with Gasteiger partial charge < -0.3 is 10.1 Å². The molecule has 29 heavy (non-hydrogen) atoms. The standard InChI is InChI=1S/C26H23NO2/c1-2-19-9-7-10-20(17-19)11-8-16-27-26(28)29-18-25-23-14-5-3-12-21(23)22-13-4-6-15-24(22)25/h3-7,9-10,12-15,17,25H,2,16,18H2,1H3,(H,27,28). The van der Waals surface area contributed by atoms with Crippen molar-refractivity contribution in [3.63, 3.8) is 0 Å². The van der Waals surface area contributed by atoms with Crippen molar-refractivity contribution in [2.75, 3.05) is 13.2 Å². The van der Waals surface area contributed by atoms with E-state index in [1.807, 2.05) is 36.4 Å². The lowest BCUT2D eigenvalue weighted by atomic mass is 9.98. The number of carbonyl (C=O) groups is 1. The number of hydrogen-bond acceptors (Lipinski definition) is 2. The van der Waals surface area contributed by atoms with E-state index in [0.717, 1.165) is 12.0 Å². The number of rotatable bonds is 4. The molecule has 0 unspecified atom stereocenters. The number of hydrogen-bond donors (Lipinski definition) is 1. The molecule has 0 spiro atoms. The Balaban J connectivity index is 1.34. The molecule has 0 radical (unpaired) electrons. The molecular formula is C26H23NO2. The van der Waals surface area contributed by atoms with Gasteiger partial charge in [0.1, 0.15) is 6.61 Å². The van der Waals surface area contributed by atoms with Gasteiger partial charge in [0.05, 0.1) is 6.54 Å². The molecule has 0 fully saturated rings. The third-order valence-electron chi connectivity index (χ3n) is 5.23. The lowest BCUT2D eigenvalue weighted by Gasteiger charge is -2.14. The maximum absolute atomic E-state index is 12.1. The topological polar surface area (TPSA) is 38.3 Å². The van der Waals surface area contributed by atoms with E-state index >= 15 is 0 Å². The predicted octanol–water partition coefficient (Wildman–Crippen LogP) is 5.14. The van der Waals surface area contributed by atoms with Crippen LogP contribution in [0, 0.1) is 11.8 Å². The number of alkyl carbamates (subject to hydrolysis) is 1. The molecule has 3 nitrogen and oxygen atoms in total. The van der Waals surface area contributed by atoms with Crippen LogP contribution in [-0.4, -0.2) is 19.2 Å². The Bertz CT molecular complexity index is 1050. The SMILES string of the molecule is CCc1cccc(C#CCNC(=O)OCC2c3ccccc3-c3ccccc32)c1. The largest absolute Gasteiger partial charge is 0.449 e. The fourth-order valence-corrected chi connectivity index (χ4v) is 3.78. The van der Waals surface area contributed by atoms with E-state index in [4.69, 9.17) is 4.74 Å². The van der Waals surface area contributed by atoms with Gasteiger partial charge in [-0.3, -0.25) is 0 Å². The van der Waals surface area contributed by atoms with Crippen molar-refractivity contribution in [2.45, 2.75) is 19.3 Å². The molecule has 3 aromatic rings. The third kappa shape index (κ3) is 4.17. The summed E-state index contributed by atoms with van der Waals surface area (Å²) in [6.45, 7) is 2.68. The van der Waals surface area contributed by atoms with Crippen LogP contribution in [0.25, 0.3) is 11.1 Å². The van der Waals surface area contributed by atoms with Crippen molar-refractivity contribution in [1.82, 2.24) is 5.32 Å². The highest BCUT2D eigenvalue weighted by atomic mass is 16.5. The first kappa shape index (κ1) is 18.8. The van der Waals surface area contributed by atoms with Crippen molar-refractivity contribution in [1.29, 1.82) is 0 Å². The molecule has 4 rings (SSSR count). The molecule has 3 heteroatoms. The van der Waals surface area contributed by atoms with E-state index < -0.39 is 6.09 Å². The van der Waals surface area contributed by atoms with Gasteiger partial charge >= 0.3 is 6.09 Å². The number of amides is 1. The lowest BCUT2D eigenvalue weighted by Crippen LogP contribution is -2.26. The van der Waals surface area contributed by atoms with Crippen molar-refractivity contribution in [3.8, 4) is 23.0 Å². The number of fused-ring (bicyclic) bond motifs is 3. The Kier molecular flexibility index (Phi) is 5.63. The summed E-state index contributed by atoms with van der Waals surface area (Å²) in [6.07, 6.45) is 0.538. The quantitative estimate of drug-likeness (QED) is 0.636. The molecule has 0 bridgehead atoms. The maximum atomic E-state index is 12.1. The molecule has 0 saturated carbocycles. The highest BCUT2D eigenvalue weighted by Gasteiger charge is 2.28. The summed E-state index contributed by atoms with van der Waals surface area (Å²) in [6, 6.07) is 24.7. The fraction of sp³-hybridized carbons (Fsp3) is 0.192. The Morgan fingerprint density at radius 2 is 1.66 bits per heavy atom. The Morgan fingerprint density at radius 1 is 0.966 bits per heavy atom. The minimum Gasteiger partial charge on any atom is -0.449 e. The van der Waals surface area contributed by atoms with Gasteiger partial charge in [-0.05, 0) is 46.4 Å². The lowest BCUT2D eigenvalue weighted by molar-refractivity contribution is 0.144. The van der Waals surface area contributed by atoms with Crippen LogP contribution < -0.4 is 5.32 Å². The molecule has 0 saturated heterocycles. The van der Waals surface area contributed by atoms with Crippen LogP contribution in [0.3, 0.4) is 0 Å². The fourth-order valence-electron chi connectivity index (χ4n) is 3.78. The summed E-state index contributed by atoms with van der Waals surface area (Å²) in [7, 11) is 0. The zero-order chi connectivity index (χ0) is 20.1. The summed E-state index contributed by atoms with van der Waals surface area (Å²) >= 11 is 0. The smallest absolute Gasteiger partial charge is 0.407 e. The van der Waals surface area contributed by atoms with Gasteiger partial charge in [-0.2, -0.15) is 0 Å². The molecule has 1 N–H and O–H groups in total. The first-order valence-corrected chi connectivity index (χ1v) is 9.93. The average Bonchev–Trinajstić information content (AvgIpc) is 3.09. The van der Waals surface area contributed by atoms with E-state index in [-0.39, 0.29) is 12.5 Å². The normalized spacial score (nSPS) is 11.8. The van der Waals surface area contributed by atoms with Crippen LogP contribution in [0.15, 0.2) is 72.8 Å². The summed E-state index contributed by atoms with van der Waals surface area (Å²) in [5.41, 5.74) is 7.06. The number of nitrogens with one attached hydrogen (secondary N) is 1. The van der Waals surface area contributed by atoms with Crippen molar-refractivity contribution in [3.05, 3.63) is 95.1 Å². The monoisotopic (exact) mass is 381 g/mol. The van der Waals surface area contributed by atoms with Crippen LogP contribution in [0.4, 0.5) is 4.79 Å². The molecule has 0 aromatic heterocycles. The zero-order valence-corrected chi connectivity index (χ0v) is 16.4. The number of aryl methyl sites for hydroxylation is 1. The minimum absolute atomic E-state index is 0.0658. The van der Waals surface area contributed by atoms with Crippen molar-refractivity contribution >= 4 is 6.09 Å². The molecule has 0 heterocycles. The number of carbonyl (C=O) groups excluding carboxylic acids is 1. The van der Waals surface area contributed by atoms with Gasteiger partial charge in [0, 0.05) is 11.5 Å². The molecule has 1 aliphatic carbocycles. The van der Waals surface area contributed by atoms with Gasteiger partial charge in [-0.25, -0.2) is 4.79 Å². The summed E-state index contributed by atoms with van der Waals surface area (Å²) in [5, 5.41) is 2.72. The van der Waals surface area contributed by atoms with E-state index in [1.165, 1.54) is 27.8 Å². The van der Waals surface area contributed by atoms with Gasteiger partial charge in [0.25, 0.3) is 0 Å². The Morgan fingerprint density at radius 3 is 2.34 bits per heavy atom. The Hall–Kier alpha value is -3.51. The minimum atomic E-state index is -0.441. The van der Waals surface area contributed by atoms with Crippen LogP contribution >= 0.6 is 0 Å². The highest BCUT2D eigenvalue weighted by molar-refractivity contribution is 5.79. The average molecular weight is 381 g/mol. The van der Waals surface area contributed by atoms with Crippen molar-refractivity contribution in [2.24, 2.45) is 0 Å². The van der Waals surface area contributed by atoms with Crippen molar-refractivity contribution < 1.29 is 9.53 Å². The van der Waals surface area contributed by atoms with E-state index in [9.17, 15) is 4.79 Å². The van der Waals surface area contributed by atoms with E-state index in [2.05, 4.69) is 60.5 Å². The van der Waals surface area contributed by atoms with Gasteiger partial charge in [-0.15, -0.1) is 0 Å². The third-order valence-corrected chi connectivity index (χ3v) is 5.23. The predicted molar refractivity (Wildman–Crippen MR) is 116 cm³/mol. The molecule has 144 valence electrons. The summed E-state index contributed by atoms with van der Waals surface area (Å²) in [5.74, 6) is 6.12. The molecule has 1 aliphatic rings. The molecule has 3 aromatic carbocycles.